The lowest BCUT2D eigenvalue weighted by atomic mass is 9.98. The molecule has 0 radical (unpaired) electrons. The van der Waals surface area contributed by atoms with Crippen molar-refractivity contribution in [3.63, 3.8) is 0 Å². The average molecular weight is 528 g/mol. The maximum atomic E-state index is 13.7. The molecule has 8 nitrogen and oxygen atoms in total. The van der Waals surface area contributed by atoms with E-state index in [2.05, 4.69) is 28.8 Å². The molecule has 1 N–H and O–H groups in total. The number of hydrogen-bond donors (Lipinski definition) is 1. The second kappa shape index (κ2) is 12.4. The minimum atomic E-state index is -3.88. The number of sulfonamides is 1. The molecule has 1 aromatic heterocycles. The molecule has 9 heteroatoms. The van der Waals surface area contributed by atoms with Gasteiger partial charge in [0.2, 0.25) is 10.0 Å². The van der Waals surface area contributed by atoms with Gasteiger partial charge in [-0.15, -0.1) is 0 Å². The number of nitrogens with zero attached hydrogens (tertiary/aromatic N) is 3. The summed E-state index contributed by atoms with van der Waals surface area (Å²) in [6.07, 6.45) is 5.23. The van der Waals surface area contributed by atoms with Gasteiger partial charge in [0, 0.05) is 68.3 Å². The molecule has 0 saturated carbocycles. The number of hydrogen-bond acceptors (Lipinski definition) is 7. The molecule has 1 aromatic carbocycles. The molecule has 1 saturated heterocycles. The van der Waals surface area contributed by atoms with Crippen LogP contribution in [-0.2, 0) is 14.8 Å². The minimum Gasteiger partial charge on any atom is -0.487 e. The Labute approximate surface area is 220 Å². The van der Waals surface area contributed by atoms with Crippen molar-refractivity contribution in [3.8, 4) is 17.6 Å². The van der Waals surface area contributed by atoms with E-state index in [1.165, 1.54) is 4.31 Å². The van der Waals surface area contributed by atoms with Crippen molar-refractivity contribution in [1.29, 1.82) is 0 Å². The predicted octanol–water partition coefficient (Wildman–Crippen LogP) is 2.61. The molecule has 2 aliphatic heterocycles. The molecule has 2 aliphatic rings. The van der Waals surface area contributed by atoms with E-state index in [-0.39, 0.29) is 30.1 Å². The summed E-state index contributed by atoms with van der Waals surface area (Å²) in [5.41, 5.74) is 1.43. The maximum absolute atomic E-state index is 13.7. The minimum absolute atomic E-state index is 0.0980. The van der Waals surface area contributed by atoms with E-state index in [1.807, 2.05) is 19.1 Å². The van der Waals surface area contributed by atoms with Crippen LogP contribution in [0.3, 0.4) is 0 Å². The number of pyridine rings is 1. The van der Waals surface area contributed by atoms with Crippen LogP contribution in [0.15, 0.2) is 47.6 Å². The number of ether oxygens (including phenoxy) is 2. The van der Waals surface area contributed by atoms with E-state index in [0.717, 1.165) is 38.2 Å². The first kappa shape index (κ1) is 27.6. The van der Waals surface area contributed by atoms with Crippen LogP contribution >= 0.6 is 0 Å². The van der Waals surface area contributed by atoms with Gasteiger partial charge in [0.25, 0.3) is 0 Å². The molecule has 37 heavy (non-hydrogen) atoms. The molecule has 200 valence electrons. The van der Waals surface area contributed by atoms with E-state index >= 15 is 0 Å². The van der Waals surface area contributed by atoms with Gasteiger partial charge in [0.05, 0.1) is 6.61 Å². The molecule has 1 fully saturated rings. The van der Waals surface area contributed by atoms with Crippen LogP contribution in [0.1, 0.15) is 37.8 Å². The van der Waals surface area contributed by atoms with Crippen LogP contribution in [0, 0.1) is 23.7 Å². The molecule has 3 atom stereocenters. The van der Waals surface area contributed by atoms with Gasteiger partial charge in [0.15, 0.2) is 0 Å². The van der Waals surface area contributed by atoms with E-state index < -0.39 is 16.1 Å². The first-order valence-corrected chi connectivity index (χ1v) is 14.3. The third-order valence-corrected chi connectivity index (χ3v) is 9.10. The highest BCUT2D eigenvalue weighted by Gasteiger charge is 2.38. The first-order chi connectivity index (χ1) is 17.8. The number of benzene rings is 1. The van der Waals surface area contributed by atoms with Crippen molar-refractivity contribution in [2.45, 2.75) is 43.7 Å². The van der Waals surface area contributed by atoms with Gasteiger partial charge in [-0.25, -0.2) is 8.42 Å². The molecule has 4 rings (SSSR count). The standard InChI is InChI=1S/C28H37N3O5S/c1-21-17-31(22(2)20-32)37(33,34)28-9-8-23(6-7-24-5-4-12-29-16-24)15-26(28)36-27(21)19-30(3)18-25-10-13-35-14-11-25/h4-5,8-9,12,15-16,21-22,25,27,32H,10-11,13-14,17-20H2,1-3H3/t21-,22+,27+/m0/s1. The van der Waals surface area contributed by atoms with E-state index in [0.29, 0.717) is 23.8 Å². The SMILES string of the molecule is C[C@H](CO)N1C[C@H](C)[C@@H](CN(C)CC2CCOCC2)Oc2cc(C#Cc3cccnc3)ccc2S1(=O)=O. The normalized spacial score (nSPS) is 23.2. The maximum Gasteiger partial charge on any atom is 0.247 e. The quantitative estimate of drug-likeness (QED) is 0.578. The first-order valence-electron chi connectivity index (χ1n) is 12.9. The van der Waals surface area contributed by atoms with Crippen molar-refractivity contribution >= 4 is 10.0 Å². The highest BCUT2D eigenvalue weighted by atomic mass is 32.2. The molecular formula is C28H37N3O5S. The van der Waals surface area contributed by atoms with Crippen LogP contribution in [0.25, 0.3) is 0 Å². The molecule has 0 unspecified atom stereocenters. The summed E-state index contributed by atoms with van der Waals surface area (Å²) in [5, 5.41) is 9.85. The Kier molecular flexibility index (Phi) is 9.22. The zero-order chi connectivity index (χ0) is 26.4. The van der Waals surface area contributed by atoms with Gasteiger partial charge in [-0.3, -0.25) is 4.98 Å². The molecule has 0 aliphatic carbocycles. The fraction of sp³-hybridized carbons (Fsp3) is 0.536. The summed E-state index contributed by atoms with van der Waals surface area (Å²) in [6.45, 7) is 6.95. The topological polar surface area (TPSA) is 92.2 Å². The summed E-state index contributed by atoms with van der Waals surface area (Å²) in [6, 6.07) is 8.11. The van der Waals surface area contributed by atoms with Crippen molar-refractivity contribution in [3.05, 3.63) is 53.9 Å². The van der Waals surface area contributed by atoms with Crippen LogP contribution in [0.2, 0.25) is 0 Å². The molecule has 0 bridgehead atoms. The van der Waals surface area contributed by atoms with E-state index in [9.17, 15) is 13.5 Å². The monoisotopic (exact) mass is 527 g/mol. The second-order valence-electron chi connectivity index (χ2n) is 10.2. The third kappa shape index (κ3) is 6.89. The number of fused-ring (bicyclic) bond motifs is 1. The molecule has 3 heterocycles. The van der Waals surface area contributed by atoms with Crippen LogP contribution in [-0.4, -0.2) is 86.4 Å². The molecule has 0 amide bonds. The highest BCUT2D eigenvalue weighted by molar-refractivity contribution is 7.89. The van der Waals surface area contributed by atoms with Gasteiger partial charge < -0.3 is 19.5 Å². The Hall–Kier alpha value is -2.48. The van der Waals surface area contributed by atoms with Crippen LogP contribution in [0.4, 0.5) is 0 Å². The van der Waals surface area contributed by atoms with E-state index in [4.69, 9.17) is 9.47 Å². The summed E-state index contributed by atoms with van der Waals surface area (Å²) >= 11 is 0. The largest absolute Gasteiger partial charge is 0.487 e. The van der Waals surface area contributed by atoms with Gasteiger partial charge in [-0.05, 0) is 63.1 Å². The van der Waals surface area contributed by atoms with Crippen molar-refractivity contribution in [1.82, 2.24) is 14.2 Å². The predicted molar refractivity (Wildman–Crippen MR) is 142 cm³/mol. The van der Waals surface area contributed by atoms with Gasteiger partial charge in [0.1, 0.15) is 16.7 Å². The van der Waals surface area contributed by atoms with Crippen molar-refractivity contribution < 1.29 is 23.0 Å². The fourth-order valence-corrected chi connectivity index (χ4v) is 6.68. The zero-order valence-electron chi connectivity index (χ0n) is 21.8. The fourth-order valence-electron chi connectivity index (χ4n) is 4.85. The smallest absolute Gasteiger partial charge is 0.247 e. The number of aromatic nitrogens is 1. The second-order valence-corrected chi connectivity index (χ2v) is 12.0. The molecular weight excluding hydrogens is 490 g/mol. The summed E-state index contributed by atoms with van der Waals surface area (Å²) in [5.74, 6) is 6.95. The number of aliphatic hydroxyl groups is 1. The molecule has 0 spiro atoms. The average Bonchev–Trinajstić information content (AvgIpc) is 2.90. The van der Waals surface area contributed by atoms with E-state index in [1.54, 1.807) is 37.5 Å². The van der Waals surface area contributed by atoms with Gasteiger partial charge in [-0.1, -0.05) is 18.8 Å². The summed E-state index contributed by atoms with van der Waals surface area (Å²) in [4.78, 5) is 6.46. The number of likely N-dealkylation sites (N-methyl/N-ethyl adjacent to an activating group) is 1. The summed E-state index contributed by atoms with van der Waals surface area (Å²) < 4.78 is 40.7. The zero-order valence-corrected chi connectivity index (χ0v) is 22.7. The lowest BCUT2D eigenvalue weighted by Crippen LogP contribution is -2.50. The van der Waals surface area contributed by atoms with Crippen molar-refractivity contribution in [2.24, 2.45) is 11.8 Å². The Balaban J connectivity index is 1.65. The molecule has 2 aromatic rings. The van der Waals surface area contributed by atoms with Crippen LogP contribution in [0.5, 0.6) is 5.75 Å². The Morgan fingerprint density at radius 1 is 1.19 bits per heavy atom. The van der Waals surface area contributed by atoms with Gasteiger partial charge in [-0.2, -0.15) is 4.31 Å². The number of aliphatic hydroxyl groups excluding tert-OH is 1. The van der Waals surface area contributed by atoms with Crippen LogP contribution < -0.4 is 4.74 Å². The summed E-state index contributed by atoms with van der Waals surface area (Å²) in [7, 11) is -1.79. The van der Waals surface area contributed by atoms with Crippen molar-refractivity contribution in [2.75, 3.05) is 46.5 Å². The lowest BCUT2D eigenvalue weighted by Gasteiger charge is -2.38. The lowest BCUT2D eigenvalue weighted by molar-refractivity contribution is 0.0402. The number of rotatable bonds is 6. The Morgan fingerprint density at radius 2 is 1.95 bits per heavy atom. The Bertz CT molecular complexity index is 1210. The third-order valence-electron chi connectivity index (χ3n) is 7.08. The van der Waals surface area contributed by atoms with Gasteiger partial charge >= 0.3 is 0 Å². The Morgan fingerprint density at radius 3 is 2.65 bits per heavy atom. The highest BCUT2D eigenvalue weighted by Crippen LogP contribution is 2.34.